The lowest BCUT2D eigenvalue weighted by atomic mass is 10.0. The van der Waals surface area contributed by atoms with E-state index < -0.39 is 11.7 Å². The highest BCUT2D eigenvalue weighted by molar-refractivity contribution is 6.06. The first-order chi connectivity index (χ1) is 13.7. The van der Waals surface area contributed by atoms with Crippen molar-refractivity contribution in [2.75, 3.05) is 5.32 Å². The Hall–Kier alpha value is -3.73. The Morgan fingerprint density at radius 3 is 2.57 bits per heavy atom. The Bertz CT molecular complexity index is 1110. The van der Waals surface area contributed by atoms with E-state index in [4.69, 9.17) is 4.42 Å². The Labute approximate surface area is 161 Å². The number of carbonyl (C=O) groups is 1. The van der Waals surface area contributed by atoms with Crippen LogP contribution in [0.1, 0.15) is 21.6 Å². The van der Waals surface area contributed by atoms with E-state index >= 15 is 0 Å². The molecule has 4 aromatic rings. The molecule has 0 aliphatic carbocycles. The zero-order valence-corrected chi connectivity index (χ0v) is 14.9. The molecular weight excluding hydrogens is 355 g/mol. The van der Waals surface area contributed by atoms with E-state index in [-0.39, 0.29) is 11.5 Å². The molecule has 0 saturated carbocycles. The SMILES string of the molecule is O=C(Nc1ccccc1Cc1ccccc1)c1ncoc1-c1cccc(F)c1. The van der Waals surface area contributed by atoms with Crippen molar-refractivity contribution in [3.8, 4) is 11.3 Å². The maximum absolute atomic E-state index is 13.5. The second kappa shape index (κ2) is 7.88. The largest absolute Gasteiger partial charge is 0.443 e. The molecule has 28 heavy (non-hydrogen) atoms. The Morgan fingerprint density at radius 2 is 1.75 bits per heavy atom. The molecule has 0 aliphatic rings. The number of nitrogens with zero attached hydrogens (tertiary/aromatic N) is 1. The Balaban J connectivity index is 1.60. The predicted molar refractivity (Wildman–Crippen MR) is 106 cm³/mol. The molecule has 0 atom stereocenters. The van der Waals surface area contributed by atoms with Gasteiger partial charge in [0, 0.05) is 11.3 Å². The lowest BCUT2D eigenvalue weighted by Crippen LogP contribution is -2.14. The van der Waals surface area contributed by atoms with Crippen molar-refractivity contribution in [1.29, 1.82) is 0 Å². The minimum atomic E-state index is -0.409. The van der Waals surface area contributed by atoms with Gasteiger partial charge in [0.25, 0.3) is 5.91 Å². The van der Waals surface area contributed by atoms with Gasteiger partial charge in [-0.3, -0.25) is 4.79 Å². The fraction of sp³-hybridized carbons (Fsp3) is 0.0435. The number of amides is 1. The standard InChI is InChI=1S/C23H17FN2O2/c24-19-11-6-10-18(14-19)22-21(25-15-28-22)23(27)26-20-12-5-4-9-17(20)13-16-7-2-1-3-8-16/h1-12,14-15H,13H2,(H,26,27). The Morgan fingerprint density at radius 1 is 0.964 bits per heavy atom. The molecule has 4 rings (SSSR count). The zero-order chi connectivity index (χ0) is 19.3. The molecule has 0 bridgehead atoms. The van der Waals surface area contributed by atoms with Crippen molar-refractivity contribution in [1.82, 2.24) is 4.98 Å². The second-order valence-electron chi connectivity index (χ2n) is 6.31. The van der Waals surface area contributed by atoms with Gasteiger partial charge in [0.2, 0.25) is 0 Å². The molecule has 0 radical (unpaired) electrons. The average molecular weight is 372 g/mol. The quantitative estimate of drug-likeness (QED) is 0.516. The summed E-state index contributed by atoms with van der Waals surface area (Å²) >= 11 is 0. The Kier molecular flexibility index (Phi) is 4.97. The summed E-state index contributed by atoms with van der Waals surface area (Å²) in [6.45, 7) is 0. The van der Waals surface area contributed by atoms with E-state index in [0.717, 1.165) is 11.1 Å². The molecule has 4 nitrogen and oxygen atoms in total. The van der Waals surface area contributed by atoms with Crippen molar-refractivity contribution in [3.05, 3.63) is 108 Å². The van der Waals surface area contributed by atoms with E-state index in [1.54, 1.807) is 12.1 Å². The number of oxazole rings is 1. The smallest absolute Gasteiger partial charge is 0.278 e. The highest BCUT2D eigenvalue weighted by Gasteiger charge is 2.19. The number of halogens is 1. The maximum Gasteiger partial charge on any atom is 0.278 e. The van der Waals surface area contributed by atoms with Crippen LogP contribution in [0.15, 0.2) is 89.7 Å². The fourth-order valence-corrected chi connectivity index (χ4v) is 3.04. The summed E-state index contributed by atoms with van der Waals surface area (Å²) in [4.78, 5) is 16.9. The van der Waals surface area contributed by atoms with Gasteiger partial charge in [0.15, 0.2) is 17.8 Å². The molecule has 0 fully saturated rings. The zero-order valence-electron chi connectivity index (χ0n) is 14.9. The number of anilines is 1. The van der Waals surface area contributed by atoms with E-state index in [0.29, 0.717) is 17.7 Å². The normalized spacial score (nSPS) is 10.6. The van der Waals surface area contributed by atoms with E-state index in [1.165, 1.54) is 18.5 Å². The van der Waals surface area contributed by atoms with Crippen LogP contribution in [-0.4, -0.2) is 10.9 Å². The second-order valence-corrected chi connectivity index (χ2v) is 6.31. The summed E-state index contributed by atoms with van der Waals surface area (Å²) in [6.07, 6.45) is 1.87. The molecule has 0 unspecified atom stereocenters. The molecule has 1 heterocycles. The van der Waals surface area contributed by atoms with E-state index in [2.05, 4.69) is 10.3 Å². The molecule has 0 saturated heterocycles. The highest BCUT2D eigenvalue weighted by Crippen LogP contribution is 2.26. The monoisotopic (exact) mass is 372 g/mol. The van der Waals surface area contributed by atoms with Crippen LogP contribution < -0.4 is 5.32 Å². The maximum atomic E-state index is 13.5. The van der Waals surface area contributed by atoms with Crippen molar-refractivity contribution < 1.29 is 13.6 Å². The van der Waals surface area contributed by atoms with Crippen LogP contribution in [0, 0.1) is 5.82 Å². The molecule has 0 spiro atoms. The lowest BCUT2D eigenvalue weighted by molar-refractivity contribution is 0.102. The van der Waals surface area contributed by atoms with Crippen LogP contribution in [0.3, 0.4) is 0 Å². The number of rotatable bonds is 5. The van der Waals surface area contributed by atoms with Gasteiger partial charge in [0.1, 0.15) is 5.82 Å². The summed E-state index contributed by atoms with van der Waals surface area (Å²) in [6, 6.07) is 23.5. The highest BCUT2D eigenvalue weighted by atomic mass is 19.1. The van der Waals surface area contributed by atoms with Gasteiger partial charge in [-0.1, -0.05) is 60.7 Å². The molecule has 5 heteroatoms. The number of benzene rings is 3. The predicted octanol–water partition coefficient (Wildman–Crippen LogP) is 5.32. The third-order valence-corrected chi connectivity index (χ3v) is 4.37. The van der Waals surface area contributed by atoms with Gasteiger partial charge in [-0.15, -0.1) is 0 Å². The summed E-state index contributed by atoms with van der Waals surface area (Å²) in [5, 5.41) is 2.90. The average Bonchev–Trinajstić information content (AvgIpc) is 3.20. The number of carbonyl (C=O) groups excluding carboxylic acids is 1. The lowest BCUT2D eigenvalue weighted by Gasteiger charge is -2.11. The number of aromatic nitrogens is 1. The topological polar surface area (TPSA) is 55.1 Å². The van der Waals surface area contributed by atoms with Crippen LogP contribution in [0.4, 0.5) is 10.1 Å². The summed E-state index contributed by atoms with van der Waals surface area (Å²) in [5.74, 6) is -0.584. The first-order valence-corrected chi connectivity index (χ1v) is 8.83. The van der Waals surface area contributed by atoms with Crippen molar-refractivity contribution in [2.24, 2.45) is 0 Å². The first kappa shape index (κ1) is 17.7. The van der Waals surface area contributed by atoms with Gasteiger partial charge in [0.05, 0.1) is 0 Å². The van der Waals surface area contributed by atoms with Crippen molar-refractivity contribution in [3.63, 3.8) is 0 Å². The molecule has 0 aliphatic heterocycles. The summed E-state index contributed by atoms with van der Waals surface area (Å²) in [5.41, 5.74) is 3.40. The third-order valence-electron chi connectivity index (χ3n) is 4.37. The van der Waals surface area contributed by atoms with Crippen LogP contribution in [0.5, 0.6) is 0 Å². The number of hydrogen-bond donors (Lipinski definition) is 1. The molecule has 138 valence electrons. The minimum absolute atomic E-state index is 0.111. The third kappa shape index (κ3) is 3.83. The van der Waals surface area contributed by atoms with Gasteiger partial charge in [-0.2, -0.15) is 0 Å². The van der Waals surface area contributed by atoms with E-state index in [9.17, 15) is 9.18 Å². The van der Waals surface area contributed by atoms with Crippen LogP contribution in [-0.2, 0) is 6.42 Å². The summed E-state index contributed by atoms with van der Waals surface area (Å²) in [7, 11) is 0. The van der Waals surface area contributed by atoms with Gasteiger partial charge in [-0.25, -0.2) is 9.37 Å². The number of para-hydroxylation sites is 1. The molecule has 1 aromatic heterocycles. The van der Waals surface area contributed by atoms with Crippen molar-refractivity contribution in [2.45, 2.75) is 6.42 Å². The minimum Gasteiger partial charge on any atom is -0.443 e. The fourth-order valence-electron chi connectivity index (χ4n) is 3.04. The van der Waals surface area contributed by atoms with Crippen LogP contribution in [0.2, 0.25) is 0 Å². The van der Waals surface area contributed by atoms with Gasteiger partial charge in [-0.05, 0) is 35.7 Å². The van der Waals surface area contributed by atoms with Gasteiger partial charge < -0.3 is 9.73 Å². The van der Waals surface area contributed by atoms with Crippen molar-refractivity contribution >= 4 is 11.6 Å². The summed E-state index contributed by atoms with van der Waals surface area (Å²) < 4.78 is 18.9. The van der Waals surface area contributed by atoms with Crippen LogP contribution >= 0.6 is 0 Å². The van der Waals surface area contributed by atoms with E-state index in [1.807, 2.05) is 54.6 Å². The number of nitrogens with one attached hydrogen (secondary N) is 1. The molecule has 3 aromatic carbocycles. The van der Waals surface area contributed by atoms with Gasteiger partial charge >= 0.3 is 0 Å². The number of hydrogen-bond acceptors (Lipinski definition) is 3. The van der Waals surface area contributed by atoms with Crippen LogP contribution in [0.25, 0.3) is 11.3 Å². The molecular formula is C23H17FN2O2. The molecule has 1 amide bonds. The molecule has 1 N–H and O–H groups in total. The first-order valence-electron chi connectivity index (χ1n) is 8.83.